The summed E-state index contributed by atoms with van der Waals surface area (Å²) in [5.41, 5.74) is -0.209. The van der Waals surface area contributed by atoms with Crippen LogP contribution in [0.3, 0.4) is 0 Å². The third-order valence-corrected chi connectivity index (χ3v) is 4.81. The Morgan fingerprint density at radius 1 is 1.20 bits per heavy atom. The Hall–Kier alpha value is -2.91. The predicted molar refractivity (Wildman–Crippen MR) is 110 cm³/mol. The van der Waals surface area contributed by atoms with E-state index in [0.717, 1.165) is 4.68 Å². The lowest BCUT2D eigenvalue weighted by atomic mass is 9.70. The fourth-order valence-electron chi connectivity index (χ4n) is 3.10. The number of hydrogen-bond donors (Lipinski definition) is 2. The summed E-state index contributed by atoms with van der Waals surface area (Å²) in [5, 5.41) is 9.49. The Balaban J connectivity index is 2.16. The highest BCUT2D eigenvalue weighted by molar-refractivity contribution is 5.97. The molecule has 2 N–H and O–H groups in total. The number of nitrogens with one attached hydrogen (secondary N) is 2. The van der Waals surface area contributed by atoms with Gasteiger partial charge in [0.1, 0.15) is 11.4 Å². The van der Waals surface area contributed by atoms with Crippen molar-refractivity contribution >= 4 is 29.6 Å². The summed E-state index contributed by atoms with van der Waals surface area (Å²) in [5.74, 6) is -0.751. The third kappa shape index (κ3) is 5.80. The van der Waals surface area contributed by atoms with Gasteiger partial charge in [-0.3, -0.25) is 9.59 Å². The van der Waals surface area contributed by atoms with Crippen LogP contribution in [0.25, 0.3) is 0 Å². The van der Waals surface area contributed by atoms with E-state index in [0.29, 0.717) is 24.8 Å². The van der Waals surface area contributed by atoms with E-state index in [2.05, 4.69) is 15.7 Å². The first kappa shape index (κ1) is 23.4. The topological polar surface area (TPSA) is 123 Å². The quantitative estimate of drug-likeness (QED) is 0.727. The van der Waals surface area contributed by atoms with Gasteiger partial charge in [-0.05, 0) is 33.6 Å². The number of nitrogens with zero attached hydrogens (tertiary/aromatic N) is 3. The van der Waals surface area contributed by atoms with Crippen molar-refractivity contribution in [1.82, 2.24) is 20.0 Å². The molecule has 0 bridgehead atoms. The zero-order valence-corrected chi connectivity index (χ0v) is 18.4. The number of carbonyl (C=O) groups is 4. The number of aromatic nitrogens is 2. The Bertz CT molecular complexity index is 824. The number of ketones is 1. The molecule has 1 aliphatic rings. The lowest BCUT2D eigenvalue weighted by molar-refractivity contribution is -0.136. The summed E-state index contributed by atoms with van der Waals surface area (Å²) in [4.78, 5) is 50.2. The van der Waals surface area contributed by atoms with E-state index in [9.17, 15) is 19.2 Å². The number of amides is 3. The molecule has 2 atom stereocenters. The lowest BCUT2D eigenvalue weighted by Gasteiger charge is -2.33. The van der Waals surface area contributed by atoms with Crippen molar-refractivity contribution in [2.75, 3.05) is 19.4 Å². The minimum Gasteiger partial charge on any atom is -0.444 e. The molecule has 0 aromatic carbocycles. The molecule has 2 rings (SSSR count). The molecule has 1 aliphatic carbocycles. The highest BCUT2D eigenvalue weighted by atomic mass is 16.6. The Labute approximate surface area is 176 Å². The summed E-state index contributed by atoms with van der Waals surface area (Å²) in [6, 6.07) is -0.406. The Morgan fingerprint density at radius 3 is 2.33 bits per heavy atom. The molecule has 0 aliphatic heterocycles. The van der Waals surface area contributed by atoms with Gasteiger partial charge >= 0.3 is 12.1 Å². The van der Waals surface area contributed by atoms with Crippen LogP contribution in [-0.4, -0.2) is 58.2 Å². The lowest BCUT2D eigenvalue weighted by Crippen LogP contribution is -2.41. The molecule has 1 saturated carbocycles. The van der Waals surface area contributed by atoms with Crippen LogP contribution < -0.4 is 10.6 Å². The van der Waals surface area contributed by atoms with E-state index < -0.39 is 23.6 Å². The second-order valence-corrected chi connectivity index (χ2v) is 8.58. The van der Waals surface area contributed by atoms with Crippen molar-refractivity contribution in [3.8, 4) is 0 Å². The molecule has 1 fully saturated rings. The van der Waals surface area contributed by atoms with E-state index in [-0.39, 0.29) is 30.0 Å². The second kappa shape index (κ2) is 9.27. The summed E-state index contributed by atoms with van der Waals surface area (Å²) in [6.45, 7) is 7.04. The molecule has 2 unspecified atom stereocenters. The molecule has 0 radical (unpaired) electrons. The molecule has 0 saturated heterocycles. The molecule has 3 amide bonds. The van der Waals surface area contributed by atoms with Gasteiger partial charge in [-0.1, -0.05) is 6.92 Å². The van der Waals surface area contributed by atoms with Gasteiger partial charge in [-0.2, -0.15) is 4.68 Å². The van der Waals surface area contributed by atoms with Gasteiger partial charge in [0.25, 0.3) is 0 Å². The van der Waals surface area contributed by atoms with Crippen LogP contribution in [0.15, 0.2) is 6.20 Å². The molecule has 0 spiro atoms. The highest BCUT2D eigenvalue weighted by Gasteiger charge is 2.40. The molecular weight excluding hydrogens is 390 g/mol. The minimum absolute atomic E-state index is 0.00716. The molecule has 10 nitrogen and oxygen atoms in total. The maximum Gasteiger partial charge on any atom is 0.407 e. The summed E-state index contributed by atoms with van der Waals surface area (Å²) >= 11 is 0. The summed E-state index contributed by atoms with van der Waals surface area (Å²) < 4.78 is 6.31. The normalized spacial score (nSPS) is 18.2. The molecular formula is C20H31N5O5. The first-order valence-electron chi connectivity index (χ1n) is 10.0. The van der Waals surface area contributed by atoms with Gasteiger partial charge < -0.3 is 20.3 Å². The van der Waals surface area contributed by atoms with Crippen molar-refractivity contribution in [1.29, 1.82) is 0 Å². The van der Waals surface area contributed by atoms with Gasteiger partial charge in [0.2, 0.25) is 5.91 Å². The standard InChI is InChI=1S/C20H31N5O5/c1-7-15(26)13-8-9-14(13)17(27)22-16-12(10-21-18(28)30-20(2,3)4)11-25(23-16)19(29)24(5)6/h11,13-14H,7-10H2,1-6H3,(H,21,28)(H,22,23,27). The van der Waals surface area contributed by atoms with E-state index in [4.69, 9.17) is 4.74 Å². The van der Waals surface area contributed by atoms with Crippen LogP contribution in [0, 0.1) is 11.8 Å². The van der Waals surface area contributed by atoms with Gasteiger partial charge in [0, 0.05) is 44.1 Å². The van der Waals surface area contributed by atoms with Crippen LogP contribution in [0.4, 0.5) is 15.4 Å². The molecule has 10 heteroatoms. The maximum atomic E-state index is 12.7. The van der Waals surface area contributed by atoms with Crippen molar-refractivity contribution in [2.24, 2.45) is 11.8 Å². The second-order valence-electron chi connectivity index (χ2n) is 8.58. The van der Waals surface area contributed by atoms with Crippen molar-refractivity contribution in [3.63, 3.8) is 0 Å². The fraction of sp³-hybridized carbons (Fsp3) is 0.650. The fourth-order valence-corrected chi connectivity index (χ4v) is 3.10. The average molecular weight is 421 g/mol. The monoisotopic (exact) mass is 421 g/mol. The first-order chi connectivity index (χ1) is 13.9. The predicted octanol–water partition coefficient (Wildman–Crippen LogP) is 2.38. The maximum absolute atomic E-state index is 12.7. The third-order valence-electron chi connectivity index (χ3n) is 4.81. The first-order valence-corrected chi connectivity index (χ1v) is 10.0. The average Bonchev–Trinajstić information content (AvgIpc) is 2.99. The smallest absolute Gasteiger partial charge is 0.407 e. The van der Waals surface area contributed by atoms with E-state index in [1.807, 2.05) is 0 Å². The number of carbonyl (C=O) groups excluding carboxylic acids is 4. The van der Waals surface area contributed by atoms with Crippen LogP contribution >= 0.6 is 0 Å². The minimum atomic E-state index is -0.656. The zero-order valence-electron chi connectivity index (χ0n) is 18.4. The number of ether oxygens (including phenoxy) is 1. The van der Waals surface area contributed by atoms with E-state index >= 15 is 0 Å². The van der Waals surface area contributed by atoms with E-state index in [1.165, 1.54) is 11.1 Å². The molecule has 166 valence electrons. The molecule has 1 heterocycles. The zero-order chi connectivity index (χ0) is 22.6. The van der Waals surface area contributed by atoms with Gasteiger partial charge in [-0.25, -0.2) is 9.59 Å². The number of Topliss-reactive ketones (excluding diaryl/α,β-unsaturated/α-hetero) is 1. The highest BCUT2D eigenvalue weighted by Crippen LogP contribution is 2.36. The molecule has 1 aromatic heterocycles. The number of rotatable bonds is 6. The van der Waals surface area contributed by atoms with Gasteiger partial charge in [-0.15, -0.1) is 5.10 Å². The van der Waals surface area contributed by atoms with Crippen molar-refractivity contribution in [2.45, 2.75) is 59.1 Å². The Kier molecular flexibility index (Phi) is 7.22. The number of hydrogen-bond acceptors (Lipinski definition) is 6. The van der Waals surface area contributed by atoms with Gasteiger partial charge in [0.15, 0.2) is 5.82 Å². The van der Waals surface area contributed by atoms with Crippen LogP contribution in [0.5, 0.6) is 0 Å². The molecule has 30 heavy (non-hydrogen) atoms. The van der Waals surface area contributed by atoms with E-state index in [1.54, 1.807) is 41.8 Å². The van der Waals surface area contributed by atoms with Crippen molar-refractivity contribution in [3.05, 3.63) is 11.8 Å². The summed E-state index contributed by atoms with van der Waals surface area (Å²) in [6.07, 6.45) is 2.55. The van der Waals surface area contributed by atoms with Crippen molar-refractivity contribution < 1.29 is 23.9 Å². The van der Waals surface area contributed by atoms with Crippen LogP contribution in [0.1, 0.15) is 52.5 Å². The SMILES string of the molecule is CCC(=O)C1CCC1C(=O)Nc1nn(C(=O)N(C)C)cc1CNC(=O)OC(C)(C)C. The number of anilines is 1. The molecule has 1 aromatic rings. The van der Waals surface area contributed by atoms with Crippen LogP contribution in [0.2, 0.25) is 0 Å². The largest absolute Gasteiger partial charge is 0.444 e. The summed E-state index contributed by atoms with van der Waals surface area (Å²) in [7, 11) is 3.16. The van der Waals surface area contributed by atoms with Crippen LogP contribution in [-0.2, 0) is 20.9 Å². The Morgan fingerprint density at radius 2 is 1.83 bits per heavy atom. The number of alkyl carbamates (subject to hydrolysis) is 1. The van der Waals surface area contributed by atoms with Gasteiger partial charge in [0.05, 0.1) is 6.54 Å².